The Morgan fingerprint density at radius 3 is 2.50 bits per heavy atom. The quantitative estimate of drug-likeness (QED) is 0.720. The van der Waals surface area contributed by atoms with Gasteiger partial charge in [0, 0.05) is 11.6 Å². The maximum atomic E-state index is 5.80. The minimum Gasteiger partial charge on any atom is -0.446 e. The van der Waals surface area contributed by atoms with E-state index in [0.717, 1.165) is 11.1 Å². The number of hydrogen-bond acceptors (Lipinski definition) is 4. The first-order valence-electron chi connectivity index (χ1n) is 5.49. The molecule has 18 heavy (non-hydrogen) atoms. The van der Waals surface area contributed by atoms with Crippen LogP contribution in [0.2, 0.25) is 0 Å². The van der Waals surface area contributed by atoms with E-state index in [1.165, 1.54) is 10.9 Å². The average molecular weight is 240 g/mol. The first kappa shape index (κ1) is 10.5. The summed E-state index contributed by atoms with van der Waals surface area (Å²) in [6.45, 7) is 0. The van der Waals surface area contributed by atoms with Crippen LogP contribution in [0.15, 0.2) is 53.3 Å². The Morgan fingerprint density at radius 1 is 1.06 bits per heavy atom. The van der Waals surface area contributed by atoms with Gasteiger partial charge in [-0.1, -0.05) is 30.3 Å². The smallest absolute Gasteiger partial charge is 0.222 e. The van der Waals surface area contributed by atoms with Crippen molar-refractivity contribution in [1.82, 2.24) is 9.78 Å². The molecule has 5 nitrogen and oxygen atoms in total. The summed E-state index contributed by atoms with van der Waals surface area (Å²) in [6, 6.07) is 11.8. The van der Waals surface area contributed by atoms with Gasteiger partial charge in [0.25, 0.3) is 0 Å². The zero-order valence-corrected chi connectivity index (χ0v) is 9.58. The van der Waals surface area contributed by atoms with Gasteiger partial charge in [-0.2, -0.15) is 9.78 Å². The summed E-state index contributed by atoms with van der Waals surface area (Å²) in [7, 11) is 0. The van der Waals surface area contributed by atoms with Crippen molar-refractivity contribution in [2.75, 3.05) is 11.5 Å². The number of anilines is 2. The summed E-state index contributed by atoms with van der Waals surface area (Å²) in [4.78, 5) is 0. The molecule has 0 atom stereocenters. The predicted octanol–water partition coefficient (Wildman–Crippen LogP) is 2.30. The summed E-state index contributed by atoms with van der Waals surface area (Å²) in [5, 5.41) is 4.07. The molecule has 5 heteroatoms. The van der Waals surface area contributed by atoms with Gasteiger partial charge in [-0.3, -0.25) is 0 Å². The zero-order valence-electron chi connectivity index (χ0n) is 9.58. The molecule has 4 N–H and O–H groups in total. The lowest BCUT2D eigenvalue weighted by Crippen LogP contribution is -2.01. The second kappa shape index (κ2) is 3.96. The number of benzene rings is 1. The van der Waals surface area contributed by atoms with Crippen molar-refractivity contribution in [1.29, 1.82) is 0 Å². The molecule has 0 saturated heterocycles. The lowest BCUT2D eigenvalue weighted by Gasteiger charge is -1.98. The van der Waals surface area contributed by atoms with Crippen LogP contribution in [0.5, 0.6) is 0 Å². The van der Waals surface area contributed by atoms with Crippen LogP contribution in [-0.4, -0.2) is 9.78 Å². The molecule has 0 aliphatic rings. The van der Waals surface area contributed by atoms with Gasteiger partial charge in [-0.05, 0) is 5.56 Å². The molecule has 1 aromatic carbocycles. The van der Waals surface area contributed by atoms with E-state index in [9.17, 15) is 0 Å². The van der Waals surface area contributed by atoms with Gasteiger partial charge in [0.1, 0.15) is 6.26 Å². The maximum absolute atomic E-state index is 5.80. The minimum atomic E-state index is 0.379. The largest absolute Gasteiger partial charge is 0.446 e. The van der Waals surface area contributed by atoms with Crippen molar-refractivity contribution in [2.45, 2.75) is 0 Å². The first-order valence-corrected chi connectivity index (χ1v) is 5.49. The van der Waals surface area contributed by atoms with Crippen molar-refractivity contribution in [3.63, 3.8) is 0 Å². The van der Waals surface area contributed by atoms with Gasteiger partial charge < -0.3 is 15.9 Å². The summed E-state index contributed by atoms with van der Waals surface area (Å²) >= 11 is 0. The molecule has 3 aromatic rings. The van der Waals surface area contributed by atoms with Crippen molar-refractivity contribution in [3.8, 4) is 17.0 Å². The number of nitrogens with zero attached hydrogens (tertiary/aromatic N) is 2. The van der Waals surface area contributed by atoms with Crippen LogP contribution < -0.4 is 11.5 Å². The molecule has 0 saturated carbocycles. The Morgan fingerprint density at radius 2 is 1.83 bits per heavy atom. The molecule has 0 spiro atoms. The monoisotopic (exact) mass is 240 g/mol. The molecule has 0 aliphatic heterocycles. The average Bonchev–Trinajstić information content (AvgIpc) is 3.00. The van der Waals surface area contributed by atoms with Crippen LogP contribution in [0.3, 0.4) is 0 Å². The second-order valence-electron chi connectivity index (χ2n) is 3.94. The standard InChI is InChI=1S/C13H12N4O/c14-11-7-16-17(13(11)15)12-6-10(8-18-12)9-4-2-1-3-5-9/h1-8H,14-15H2. The van der Waals surface area contributed by atoms with E-state index in [1.54, 1.807) is 6.26 Å². The van der Waals surface area contributed by atoms with Gasteiger partial charge >= 0.3 is 0 Å². The molecule has 2 heterocycles. The van der Waals surface area contributed by atoms with Crippen molar-refractivity contribution >= 4 is 11.5 Å². The van der Waals surface area contributed by atoms with Crippen LogP contribution in [0, 0.1) is 0 Å². The van der Waals surface area contributed by atoms with Crippen LogP contribution >= 0.6 is 0 Å². The number of rotatable bonds is 2. The third-order valence-electron chi connectivity index (χ3n) is 2.74. The molecule has 0 fully saturated rings. The van der Waals surface area contributed by atoms with Crippen LogP contribution in [-0.2, 0) is 0 Å². The Bertz CT molecular complexity index is 669. The molecule has 0 unspecified atom stereocenters. The number of furan rings is 1. The number of nitrogens with two attached hydrogens (primary N) is 2. The lowest BCUT2D eigenvalue weighted by atomic mass is 10.1. The molecule has 3 rings (SSSR count). The Labute approximate surface area is 104 Å². The summed E-state index contributed by atoms with van der Waals surface area (Å²) < 4.78 is 6.94. The SMILES string of the molecule is Nc1cnn(-c2cc(-c3ccccc3)co2)c1N. The van der Waals surface area contributed by atoms with Crippen LogP contribution in [0.4, 0.5) is 11.5 Å². The fourth-order valence-electron chi connectivity index (χ4n) is 1.76. The Hall–Kier alpha value is -2.69. The molecule has 0 bridgehead atoms. The third kappa shape index (κ3) is 1.62. The van der Waals surface area contributed by atoms with Gasteiger partial charge in [0.15, 0.2) is 5.82 Å². The molecular formula is C13H12N4O. The Balaban J connectivity index is 2.02. The number of hydrogen-bond donors (Lipinski definition) is 2. The lowest BCUT2D eigenvalue weighted by molar-refractivity contribution is 0.525. The molecule has 0 amide bonds. The highest BCUT2D eigenvalue weighted by molar-refractivity contribution is 5.65. The molecule has 0 aliphatic carbocycles. The summed E-state index contributed by atoms with van der Waals surface area (Å²) in [5.74, 6) is 0.923. The van der Waals surface area contributed by atoms with E-state index >= 15 is 0 Å². The highest BCUT2D eigenvalue weighted by Gasteiger charge is 2.10. The van der Waals surface area contributed by atoms with Crippen molar-refractivity contribution < 1.29 is 4.42 Å². The molecular weight excluding hydrogens is 228 g/mol. The van der Waals surface area contributed by atoms with Crippen molar-refractivity contribution in [2.24, 2.45) is 0 Å². The maximum Gasteiger partial charge on any atom is 0.222 e. The topological polar surface area (TPSA) is 83.0 Å². The van der Waals surface area contributed by atoms with Gasteiger partial charge in [0.2, 0.25) is 5.88 Å². The molecule has 90 valence electrons. The van der Waals surface area contributed by atoms with E-state index in [0.29, 0.717) is 17.4 Å². The van der Waals surface area contributed by atoms with E-state index in [4.69, 9.17) is 15.9 Å². The fourth-order valence-corrected chi connectivity index (χ4v) is 1.76. The second-order valence-corrected chi connectivity index (χ2v) is 3.94. The fraction of sp³-hybridized carbons (Fsp3) is 0. The highest BCUT2D eigenvalue weighted by atomic mass is 16.3. The van der Waals surface area contributed by atoms with Crippen molar-refractivity contribution in [3.05, 3.63) is 48.9 Å². The number of nitrogen functional groups attached to an aromatic ring is 2. The van der Waals surface area contributed by atoms with Gasteiger partial charge in [-0.25, -0.2) is 0 Å². The highest BCUT2D eigenvalue weighted by Crippen LogP contribution is 2.26. The first-order chi connectivity index (χ1) is 8.75. The van der Waals surface area contributed by atoms with Crippen LogP contribution in [0.25, 0.3) is 17.0 Å². The van der Waals surface area contributed by atoms with E-state index in [2.05, 4.69) is 5.10 Å². The molecule has 0 radical (unpaired) electrons. The Kier molecular flexibility index (Phi) is 2.30. The number of aromatic nitrogens is 2. The zero-order chi connectivity index (χ0) is 12.5. The van der Waals surface area contributed by atoms with Crippen LogP contribution in [0.1, 0.15) is 0 Å². The molecule has 2 aromatic heterocycles. The third-order valence-corrected chi connectivity index (χ3v) is 2.74. The van der Waals surface area contributed by atoms with E-state index in [-0.39, 0.29) is 0 Å². The van der Waals surface area contributed by atoms with Gasteiger partial charge in [0.05, 0.1) is 11.9 Å². The predicted molar refractivity (Wildman–Crippen MR) is 70.1 cm³/mol. The van der Waals surface area contributed by atoms with Gasteiger partial charge in [-0.15, -0.1) is 0 Å². The normalized spacial score (nSPS) is 10.7. The van der Waals surface area contributed by atoms with E-state index in [1.807, 2.05) is 36.4 Å². The van der Waals surface area contributed by atoms with E-state index < -0.39 is 0 Å². The summed E-state index contributed by atoms with van der Waals surface area (Å²) in [6.07, 6.45) is 3.17. The summed E-state index contributed by atoms with van der Waals surface area (Å²) in [5.41, 5.74) is 13.9. The minimum absolute atomic E-state index is 0.379.